The third-order valence-electron chi connectivity index (χ3n) is 3.27. The van der Waals surface area contributed by atoms with Gasteiger partial charge in [0.2, 0.25) is 0 Å². The van der Waals surface area contributed by atoms with Gasteiger partial charge in [0.25, 0.3) is 0 Å². The summed E-state index contributed by atoms with van der Waals surface area (Å²) in [5.41, 5.74) is 2.09. The molecule has 0 saturated carbocycles. The number of thioether (sulfide) groups is 1. The van der Waals surface area contributed by atoms with Gasteiger partial charge in [0.05, 0.1) is 24.4 Å². The Kier molecular flexibility index (Phi) is 5.72. The lowest BCUT2D eigenvalue weighted by atomic mass is 10.2. The van der Waals surface area contributed by atoms with E-state index in [0.717, 1.165) is 38.5 Å². The van der Waals surface area contributed by atoms with Crippen LogP contribution in [0.2, 0.25) is 0 Å². The predicted octanol–water partition coefficient (Wildman–Crippen LogP) is 4.90. The van der Waals surface area contributed by atoms with Crippen molar-refractivity contribution in [1.29, 1.82) is 0 Å². The van der Waals surface area contributed by atoms with Crippen molar-refractivity contribution in [1.82, 2.24) is 9.97 Å². The highest BCUT2D eigenvalue weighted by Crippen LogP contribution is 2.34. The smallest absolute Gasteiger partial charge is 0.161 e. The number of hydrogen-bond donors (Lipinski definition) is 0. The molecule has 0 aliphatic carbocycles. The predicted molar refractivity (Wildman–Crippen MR) is 99.1 cm³/mol. The van der Waals surface area contributed by atoms with Crippen LogP contribution in [0, 0.1) is 0 Å². The topological polar surface area (TPSA) is 44.2 Å². The summed E-state index contributed by atoms with van der Waals surface area (Å²) in [6.45, 7) is 2.57. The zero-order valence-electron chi connectivity index (χ0n) is 13.6. The molecule has 0 fully saturated rings. The Labute approximate surface area is 149 Å². The summed E-state index contributed by atoms with van der Waals surface area (Å²) in [5.74, 6) is 2.29. The molecular weight excluding hydrogens is 340 g/mol. The van der Waals surface area contributed by atoms with Gasteiger partial charge >= 0.3 is 0 Å². The van der Waals surface area contributed by atoms with Gasteiger partial charge in [-0.15, -0.1) is 23.1 Å². The highest BCUT2D eigenvalue weighted by atomic mass is 32.2. The van der Waals surface area contributed by atoms with E-state index >= 15 is 0 Å². The molecule has 0 radical (unpaired) electrons. The van der Waals surface area contributed by atoms with Gasteiger partial charge in [-0.25, -0.2) is 9.97 Å². The molecule has 1 aromatic carbocycles. The molecule has 0 bridgehead atoms. The Balaban J connectivity index is 1.73. The molecule has 24 heavy (non-hydrogen) atoms. The van der Waals surface area contributed by atoms with Gasteiger partial charge in [0.1, 0.15) is 5.01 Å². The number of benzene rings is 1. The van der Waals surface area contributed by atoms with Crippen LogP contribution in [0.25, 0.3) is 10.6 Å². The van der Waals surface area contributed by atoms with Crippen molar-refractivity contribution in [3.63, 3.8) is 0 Å². The van der Waals surface area contributed by atoms with Gasteiger partial charge in [0.15, 0.2) is 11.5 Å². The second kappa shape index (κ2) is 8.17. The molecule has 2 heterocycles. The molecule has 0 saturated heterocycles. The number of rotatable bonds is 7. The number of pyridine rings is 1. The van der Waals surface area contributed by atoms with Crippen LogP contribution < -0.4 is 9.47 Å². The zero-order chi connectivity index (χ0) is 16.8. The summed E-state index contributed by atoms with van der Waals surface area (Å²) in [7, 11) is 1.65. The molecule has 0 N–H and O–H groups in total. The maximum Gasteiger partial charge on any atom is 0.161 e. The third-order valence-corrected chi connectivity index (χ3v) is 5.19. The highest BCUT2D eigenvalue weighted by Gasteiger charge is 2.10. The number of hydrogen-bond acceptors (Lipinski definition) is 6. The van der Waals surface area contributed by atoms with Crippen molar-refractivity contribution in [2.45, 2.75) is 17.7 Å². The van der Waals surface area contributed by atoms with Crippen LogP contribution in [0.15, 0.2) is 53.0 Å². The lowest BCUT2D eigenvalue weighted by Crippen LogP contribution is -1.95. The maximum absolute atomic E-state index is 5.56. The molecule has 0 atom stereocenters. The van der Waals surface area contributed by atoms with Crippen molar-refractivity contribution in [2.24, 2.45) is 0 Å². The third kappa shape index (κ3) is 4.07. The average Bonchev–Trinajstić information content (AvgIpc) is 3.10. The van der Waals surface area contributed by atoms with Crippen LogP contribution in [-0.2, 0) is 5.75 Å². The first kappa shape index (κ1) is 16.8. The summed E-state index contributed by atoms with van der Waals surface area (Å²) < 4.78 is 11.0. The minimum Gasteiger partial charge on any atom is -0.493 e. The summed E-state index contributed by atoms with van der Waals surface area (Å²) in [4.78, 5) is 9.04. The molecule has 4 nitrogen and oxygen atoms in total. The van der Waals surface area contributed by atoms with Crippen molar-refractivity contribution in [2.75, 3.05) is 13.7 Å². The number of aromatic nitrogens is 2. The minimum atomic E-state index is 0.613. The van der Waals surface area contributed by atoms with Crippen molar-refractivity contribution in [3.05, 3.63) is 53.7 Å². The quantitative estimate of drug-likeness (QED) is 0.562. The van der Waals surface area contributed by atoms with E-state index in [2.05, 4.69) is 10.4 Å². The highest BCUT2D eigenvalue weighted by molar-refractivity contribution is 7.98. The summed E-state index contributed by atoms with van der Waals surface area (Å²) in [6.07, 6.45) is 1.81. The average molecular weight is 358 g/mol. The van der Waals surface area contributed by atoms with Crippen LogP contribution in [-0.4, -0.2) is 23.7 Å². The zero-order valence-corrected chi connectivity index (χ0v) is 15.2. The SMILES string of the molecule is CCOc1ccc(-c2nc(CSc3ccccn3)cs2)cc1OC. The van der Waals surface area contributed by atoms with Crippen LogP contribution >= 0.6 is 23.1 Å². The van der Waals surface area contributed by atoms with Gasteiger partial charge in [-0.05, 0) is 37.3 Å². The Hall–Kier alpha value is -2.05. The number of thiazole rings is 1. The lowest BCUT2D eigenvalue weighted by Gasteiger charge is -2.09. The maximum atomic E-state index is 5.56. The summed E-state index contributed by atoms with van der Waals surface area (Å²) in [6, 6.07) is 11.8. The van der Waals surface area contributed by atoms with Crippen LogP contribution in [0.1, 0.15) is 12.6 Å². The van der Waals surface area contributed by atoms with Crippen molar-refractivity contribution in [3.8, 4) is 22.1 Å². The Morgan fingerprint density at radius 1 is 1.17 bits per heavy atom. The molecule has 0 unspecified atom stereocenters. The fraction of sp³-hybridized carbons (Fsp3) is 0.222. The normalized spacial score (nSPS) is 10.6. The standard InChI is InChI=1S/C18H18N2O2S2/c1-3-22-15-8-7-13(10-16(15)21-2)18-20-14(12-24-18)11-23-17-6-4-5-9-19-17/h4-10,12H,3,11H2,1-2H3. The van der Waals surface area contributed by atoms with Crippen molar-refractivity contribution < 1.29 is 9.47 Å². The van der Waals surface area contributed by atoms with Crippen LogP contribution in [0.3, 0.4) is 0 Å². The van der Waals surface area contributed by atoms with Gasteiger partial charge in [-0.1, -0.05) is 6.07 Å². The number of ether oxygens (including phenoxy) is 2. The summed E-state index contributed by atoms with van der Waals surface area (Å²) >= 11 is 3.32. The van der Waals surface area contributed by atoms with Gasteiger partial charge in [-0.2, -0.15) is 0 Å². The van der Waals surface area contributed by atoms with Gasteiger partial charge in [0, 0.05) is 22.9 Å². The molecule has 2 aromatic heterocycles. The van der Waals surface area contributed by atoms with Crippen molar-refractivity contribution >= 4 is 23.1 Å². The lowest BCUT2D eigenvalue weighted by molar-refractivity contribution is 0.311. The van der Waals surface area contributed by atoms with E-state index in [4.69, 9.17) is 14.5 Å². The minimum absolute atomic E-state index is 0.613. The molecular formula is C18H18N2O2S2. The van der Waals surface area contributed by atoms with E-state index < -0.39 is 0 Å². The van der Waals surface area contributed by atoms with Crippen LogP contribution in [0.5, 0.6) is 11.5 Å². The Morgan fingerprint density at radius 3 is 2.83 bits per heavy atom. The number of methoxy groups -OCH3 is 1. The first-order valence-electron chi connectivity index (χ1n) is 7.59. The van der Waals surface area contributed by atoms with E-state index in [1.807, 2.05) is 43.3 Å². The first-order valence-corrected chi connectivity index (χ1v) is 9.46. The van der Waals surface area contributed by atoms with E-state index in [-0.39, 0.29) is 0 Å². The molecule has 0 aliphatic heterocycles. The van der Waals surface area contributed by atoms with E-state index in [0.29, 0.717) is 6.61 Å². The molecule has 0 aliphatic rings. The molecule has 0 amide bonds. The Morgan fingerprint density at radius 2 is 2.08 bits per heavy atom. The molecule has 0 spiro atoms. The Bertz CT molecular complexity index is 791. The molecule has 124 valence electrons. The summed E-state index contributed by atoms with van der Waals surface area (Å²) in [5, 5.41) is 4.08. The second-order valence-corrected chi connectivity index (χ2v) is 6.75. The number of nitrogens with zero attached hydrogens (tertiary/aromatic N) is 2. The largest absolute Gasteiger partial charge is 0.493 e. The second-order valence-electron chi connectivity index (χ2n) is 4.90. The van der Waals surface area contributed by atoms with Gasteiger partial charge in [-0.3, -0.25) is 0 Å². The fourth-order valence-electron chi connectivity index (χ4n) is 2.16. The van der Waals surface area contributed by atoms with E-state index in [1.54, 1.807) is 36.4 Å². The van der Waals surface area contributed by atoms with E-state index in [1.165, 1.54) is 0 Å². The molecule has 6 heteroatoms. The van der Waals surface area contributed by atoms with Crippen LogP contribution in [0.4, 0.5) is 0 Å². The molecule has 3 rings (SSSR count). The molecule has 3 aromatic rings. The van der Waals surface area contributed by atoms with Gasteiger partial charge < -0.3 is 9.47 Å². The monoisotopic (exact) mass is 358 g/mol. The fourth-order valence-corrected chi connectivity index (χ4v) is 3.84. The first-order chi connectivity index (χ1) is 11.8. The van der Waals surface area contributed by atoms with E-state index in [9.17, 15) is 0 Å².